The number of carbonyl (C=O) groups is 3. The first kappa shape index (κ1) is 24.3. The summed E-state index contributed by atoms with van der Waals surface area (Å²) >= 11 is 0. The van der Waals surface area contributed by atoms with Crippen LogP contribution in [0.5, 0.6) is 0 Å². The second-order valence-electron chi connectivity index (χ2n) is 8.23. The molecule has 4 N–H and O–H groups in total. The summed E-state index contributed by atoms with van der Waals surface area (Å²) in [7, 11) is 0. The summed E-state index contributed by atoms with van der Waals surface area (Å²) in [6.45, 7) is 2.48. The Balaban J connectivity index is 1.36. The van der Waals surface area contributed by atoms with Crippen molar-refractivity contribution in [2.45, 2.75) is 38.2 Å². The summed E-state index contributed by atoms with van der Waals surface area (Å²) in [5.74, 6) is -1.81. The van der Waals surface area contributed by atoms with Crippen molar-refractivity contribution in [1.29, 1.82) is 0 Å². The standard InChI is InChI=1S/C25H30N2O6/c1-16(23(29)26-14-12-22(28)24(30)31)7-6-13-27-25(32)33-15-21-19-10-4-2-8-17(19)18-9-3-5-11-20(18)21/h2-5,8-11,16,21-22,28H,6-7,12-15H2,1H3,(H,26,29)(H,27,32)(H,30,31)/t16?,22-/m0/s1. The lowest BCUT2D eigenvalue weighted by atomic mass is 9.98. The number of aliphatic carboxylic acids is 1. The Hall–Kier alpha value is -3.39. The molecule has 0 radical (unpaired) electrons. The minimum Gasteiger partial charge on any atom is -0.479 e. The molecular weight excluding hydrogens is 424 g/mol. The number of benzene rings is 2. The number of alkyl carbamates (subject to hydrolysis) is 1. The third-order valence-electron chi connectivity index (χ3n) is 5.88. The highest BCUT2D eigenvalue weighted by Gasteiger charge is 2.29. The lowest BCUT2D eigenvalue weighted by Gasteiger charge is -2.15. The molecule has 0 saturated heterocycles. The van der Waals surface area contributed by atoms with E-state index in [2.05, 4.69) is 34.9 Å². The van der Waals surface area contributed by atoms with Crippen LogP contribution in [0.3, 0.4) is 0 Å². The fourth-order valence-electron chi connectivity index (χ4n) is 4.01. The average Bonchev–Trinajstić information content (AvgIpc) is 3.13. The van der Waals surface area contributed by atoms with Crippen molar-refractivity contribution in [3.05, 3.63) is 59.7 Å². The number of ether oxygens (including phenoxy) is 1. The molecule has 2 aromatic carbocycles. The number of nitrogens with one attached hydrogen (secondary N) is 2. The Morgan fingerprint density at radius 3 is 2.15 bits per heavy atom. The van der Waals surface area contributed by atoms with E-state index in [1.807, 2.05) is 24.3 Å². The molecule has 1 aliphatic carbocycles. The third kappa shape index (κ3) is 6.32. The van der Waals surface area contributed by atoms with Gasteiger partial charge in [-0.05, 0) is 35.1 Å². The predicted molar refractivity (Wildman–Crippen MR) is 123 cm³/mol. The molecule has 0 saturated carbocycles. The normalized spacial score (nSPS) is 14.0. The van der Waals surface area contributed by atoms with Crippen molar-refractivity contribution in [3.63, 3.8) is 0 Å². The second-order valence-corrected chi connectivity index (χ2v) is 8.23. The molecule has 0 aliphatic heterocycles. The van der Waals surface area contributed by atoms with Gasteiger partial charge in [0.25, 0.3) is 0 Å². The van der Waals surface area contributed by atoms with Crippen LogP contribution in [0, 0.1) is 5.92 Å². The Kier molecular flexibility index (Phi) is 8.43. The number of carboxylic acid groups (broad SMARTS) is 1. The number of aliphatic hydroxyl groups excluding tert-OH is 1. The minimum absolute atomic E-state index is 0.00603. The third-order valence-corrected chi connectivity index (χ3v) is 5.88. The molecule has 2 aromatic rings. The maximum atomic E-state index is 12.2. The van der Waals surface area contributed by atoms with E-state index in [1.165, 1.54) is 11.1 Å². The highest BCUT2D eigenvalue weighted by atomic mass is 16.5. The van der Waals surface area contributed by atoms with Gasteiger partial charge in [-0.25, -0.2) is 9.59 Å². The summed E-state index contributed by atoms with van der Waals surface area (Å²) in [6, 6.07) is 16.3. The van der Waals surface area contributed by atoms with Crippen LogP contribution in [0.1, 0.15) is 43.2 Å². The van der Waals surface area contributed by atoms with E-state index in [9.17, 15) is 19.5 Å². The Labute approximate surface area is 193 Å². The van der Waals surface area contributed by atoms with Crippen LogP contribution in [0.25, 0.3) is 11.1 Å². The molecule has 8 nitrogen and oxygen atoms in total. The number of hydrogen-bond acceptors (Lipinski definition) is 5. The van der Waals surface area contributed by atoms with Crippen LogP contribution < -0.4 is 10.6 Å². The van der Waals surface area contributed by atoms with Crippen LogP contribution in [-0.4, -0.2) is 54.0 Å². The van der Waals surface area contributed by atoms with Gasteiger partial charge in [0.1, 0.15) is 6.61 Å². The minimum atomic E-state index is -1.48. The number of carbonyl (C=O) groups excluding carboxylic acids is 2. The van der Waals surface area contributed by atoms with Crippen molar-refractivity contribution >= 4 is 18.0 Å². The first-order valence-corrected chi connectivity index (χ1v) is 11.2. The topological polar surface area (TPSA) is 125 Å². The number of carboxylic acids is 1. The molecule has 0 heterocycles. The SMILES string of the molecule is CC(CCCNC(=O)OCC1c2ccccc2-c2ccccc21)C(=O)NCC[C@H](O)C(=O)O. The molecule has 3 rings (SSSR count). The van der Waals surface area contributed by atoms with E-state index in [4.69, 9.17) is 9.84 Å². The monoisotopic (exact) mass is 454 g/mol. The summed E-state index contributed by atoms with van der Waals surface area (Å²) in [6.07, 6.45) is -0.872. The number of rotatable bonds is 11. The number of aliphatic hydroxyl groups is 1. The van der Waals surface area contributed by atoms with Crippen LogP contribution in [0.2, 0.25) is 0 Å². The summed E-state index contributed by atoms with van der Waals surface area (Å²) in [5.41, 5.74) is 4.66. The molecule has 0 fully saturated rings. The number of fused-ring (bicyclic) bond motifs is 3. The van der Waals surface area contributed by atoms with Gasteiger partial charge >= 0.3 is 12.1 Å². The maximum absolute atomic E-state index is 12.2. The molecule has 8 heteroatoms. The van der Waals surface area contributed by atoms with Crippen LogP contribution in [0.15, 0.2) is 48.5 Å². The lowest BCUT2D eigenvalue weighted by molar-refractivity contribution is -0.147. The first-order valence-electron chi connectivity index (χ1n) is 11.2. The van der Waals surface area contributed by atoms with Crippen molar-refractivity contribution in [2.75, 3.05) is 19.7 Å². The fraction of sp³-hybridized carbons (Fsp3) is 0.400. The van der Waals surface area contributed by atoms with Gasteiger partial charge in [-0.3, -0.25) is 4.79 Å². The average molecular weight is 455 g/mol. The molecule has 2 amide bonds. The van der Waals surface area contributed by atoms with Crippen molar-refractivity contribution in [2.24, 2.45) is 5.92 Å². The lowest BCUT2D eigenvalue weighted by Crippen LogP contribution is -2.34. The highest BCUT2D eigenvalue weighted by molar-refractivity contribution is 5.79. The fourth-order valence-corrected chi connectivity index (χ4v) is 4.01. The maximum Gasteiger partial charge on any atom is 0.407 e. The van der Waals surface area contributed by atoms with Crippen LogP contribution >= 0.6 is 0 Å². The molecule has 0 spiro atoms. The van der Waals surface area contributed by atoms with E-state index < -0.39 is 18.2 Å². The van der Waals surface area contributed by atoms with Gasteiger partial charge in [-0.2, -0.15) is 0 Å². The smallest absolute Gasteiger partial charge is 0.407 e. The molecular formula is C25H30N2O6. The molecule has 2 atom stereocenters. The Bertz CT molecular complexity index is 947. The van der Waals surface area contributed by atoms with Gasteiger partial charge in [0.15, 0.2) is 6.10 Å². The summed E-state index contributed by atoms with van der Waals surface area (Å²) in [5, 5.41) is 23.2. The van der Waals surface area contributed by atoms with Gasteiger partial charge in [0.2, 0.25) is 5.91 Å². The molecule has 0 aromatic heterocycles. The van der Waals surface area contributed by atoms with Gasteiger partial charge in [-0.15, -0.1) is 0 Å². The predicted octanol–water partition coefficient (Wildman–Crippen LogP) is 2.89. The zero-order chi connectivity index (χ0) is 23.8. The van der Waals surface area contributed by atoms with Gasteiger partial charge in [0.05, 0.1) is 0 Å². The van der Waals surface area contributed by atoms with Crippen LogP contribution in [0.4, 0.5) is 4.79 Å². The van der Waals surface area contributed by atoms with Crippen molar-refractivity contribution in [3.8, 4) is 11.1 Å². The largest absolute Gasteiger partial charge is 0.479 e. The molecule has 176 valence electrons. The molecule has 1 unspecified atom stereocenters. The number of amides is 2. The van der Waals surface area contributed by atoms with Crippen molar-refractivity contribution in [1.82, 2.24) is 10.6 Å². The van der Waals surface area contributed by atoms with E-state index >= 15 is 0 Å². The van der Waals surface area contributed by atoms with E-state index in [-0.39, 0.29) is 37.3 Å². The van der Waals surface area contributed by atoms with E-state index in [0.717, 1.165) is 11.1 Å². The summed E-state index contributed by atoms with van der Waals surface area (Å²) < 4.78 is 5.49. The molecule has 0 bridgehead atoms. The Morgan fingerprint density at radius 1 is 0.939 bits per heavy atom. The zero-order valence-electron chi connectivity index (χ0n) is 18.6. The Morgan fingerprint density at radius 2 is 1.55 bits per heavy atom. The molecule has 33 heavy (non-hydrogen) atoms. The van der Waals surface area contributed by atoms with Gasteiger partial charge < -0.3 is 25.6 Å². The summed E-state index contributed by atoms with van der Waals surface area (Å²) in [4.78, 5) is 34.8. The zero-order valence-corrected chi connectivity index (χ0v) is 18.6. The first-order chi connectivity index (χ1) is 15.9. The second kappa shape index (κ2) is 11.5. The number of hydrogen-bond donors (Lipinski definition) is 4. The van der Waals surface area contributed by atoms with E-state index in [0.29, 0.717) is 19.4 Å². The van der Waals surface area contributed by atoms with Crippen molar-refractivity contribution < 1.29 is 29.3 Å². The van der Waals surface area contributed by atoms with E-state index in [1.54, 1.807) is 6.92 Å². The molecule has 1 aliphatic rings. The highest BCUT2D eigenvalue weighted by Crippen LogP contribution is 2.44. The van der Waals surface area contributed by atoms with Crippen LogP contribution in [-0.2, 0) is 14.3 Å². The quantitative estimate of drug-likeness (QED) is 0.387. The van der Waals surface area contributed by atoms with Gasteiger partial charge in [0, 0.05) is 31.3 Å². The van der Waals surface area contributed by atoms with Gasteiger partial charge in [-0.1, -0.05) is 55.5 Å².